The molecule has 0 aliphatic carbocycles. The number of carbonyl (C=O) groups excluding carboxylic acids is 1. The van der Waals surface area contributed by atoms with Gasteiger partial charge in [0.15, 0.2) is 0 Å². The van der Waals surface area contributed by atoms with E-state index in [1.807, 2.05) is 62.4 Å². The van der Waals surface area contributed by atoms with Crippen molar-refractivity contribution in [2.24, 2.45) is 0 Å². The number of nitrogens with one attached hydrogen (secondary N) is 1. The summed E-state index contributed by atoms with van der Waals surface area (Å²) in [4.78, 5) is 17.0. The molecule has 4 aromatic rings. The molecule has 35 heavy (non-hydrogen) atoms. The van der Waals surface area contributed by atoms with Gasteiger partial charge in [-0.2, -0.15) is 5.10 Å². The van der Waals surface area contributed by atoms with Crippen LogP contribution in [0, 0.1) is 0 Å². The Morgan fingerprint density at radius 2 is 1.83 bits per heavy atom. The van der Waals surface area contributed by atoms with E-state index in [2.05, 4.69) is 15.4 Å². The van der Waals surface area contributed by atoms with Crippen molar-refractivity contribution in [2.75, 3.05) is 4.31 Å². The normalized spacial score (nSPS) is 16.1. The number of hydrogen-bond donors (Lipinski definition) is 1. The lowest BCUT2D eigenvalue weighted by molar-refractivity contribution is 0.0939. The average Bonchev–Trinajstić information content (AvgIpc) is 3.52. The Morgan fingerprint density at radius 1 is 1.06 bits per heavy atom. The molecule has 8 nitrogen and oxygen atoms in total. The monoisotopic (exact) mass is 487 g/mol. The Hall–Kier alpha value is -3.98. The Morgan fingerprint density at radius 3 is 2.57 bits per heavy atom. The fourth-order valence-electron chi connectivity index (χ4n) is 4.44. The van der Waals surface area contributed by atoms with Crippen molar-refractivity contribution in [2.45, 2.75) is 37.2 Å². The first-order chi connectivity index (χ1) is 16.8. The average molecular weight is 488 g/mol. The number of carbonyl (C=O) groups is 1. The van der Waals surface area contributed by atoms with Crippen LogP contribution in [0.5, 0.6) is 0 Å². The summed E-state index contributed by atoms with van der Waals surface area (Å²) in [6.07, 6.45) is 3.74. The number of nitrogens with zero attached hydrogens (tertiary/aromatic N) is 4. The molecule has 1 amide bonds. The molecule has 0 radical (unpaired) electrons. The van der Waals surface area contributed by atoms with Crippen molar-refractivity contribution in [3.8, 4) is 5.69 Å². The van der Waals surface area contributed by atoms with Crippen molar-refractivity contribution in [3.05, 3.63) is 102 Å². The minimum atomic E-state index is -3.82. The Balaban J connectivity index is 1.34. The maximum Gasteiger partial charge on any atom is 0.264 e. The number of fused-ring (bicyclic) bond motifs is 1. The minimum Gasteiger partial charge on any atom is -0.346 e. The second-order valence-electron chi connectivity index (χ2n) is 8.64. The molecule has 1 aliphatic rings. The maximum absolute atomic E-state index is 13.5. The van der Waals surface area contributed by atoms with Gasteiger partial charge in [-0.1, -0.05) is 36.4 Å². The first-order valence-electron chi connectivity index (χ1n) is 11.3. The standard InChI is InChI=1S/C26H25N5O3S/c1-18-14-21-6-3-4-9-25(21)31(18)35(33,34)24-8-5-7-22(15-24)26(32)29-19(2)20-10-12-23(13-11-20)30-17-27-16-28-30/h3-13,15-19H,14H2,1-2H3,(H,29,32)/t18-,19+/m1/s1. The van der Waals surface area contributed by atoms with Crippen molar-refractivity contribution in [3.63, 3.8) is 0 Å². The van der Waals surface area contributed by atoms with Crippen molar-refractivity contribution in [1.29, 1.82) is 0 Å². The summed E-state index contributed by atoms with van der Waals surface area (Å²) >= 11 is 0. The zero-order chi connectivity index (χ0) is 24.6. The number of aromatic nitrogens is 3. The molecular formula is C26H25N5O3S. The van der Waals surface area contributed by atoms with E-state index in [-0.39, 0.29) is 28.4 Å². The van der Waals surface area contributed by atoms with E-state index >= 15 is 0 Å². The van der Waals surface area contributed by atoms with E-state index < -0.39 is 10.0 Å². The minimum absolute atomic E-state index is 0.0959. The van der Waals surface area contributed by atoms with E-state index in [0.717, 1.165) is 16.8 Å². The Bertz CT molecular complexity index is 1470. The van der Waals surface area contributed by atoms with Gasteiger partial charge < -0.3 is 5.32 Å². The van der Waals surface area contributed by atoms with Gasteiger partial charge in [0.25, 0.3) is 15.9 Å². The molecule has 1 N–H and O–H groups in total. The van der Waals surface area contributed by atoms with Crippen LogP contribution in [0.25, 0.3) is 5.69 Å². The van der Waals surface area contributed by atoms with Crippen LogP contribution in [-0.4, -0.2) is 35.1 Å². The van der Waals surface area contributed by atoms with Gasteiger partial charge in [0.05, 0.1) is 22.3 Å². The summed E-state index contributed by atoms with van der Waals surface area (Å²) in [5, 5.41) is 7.06. The van der Waals surface area contributed by atoms with Crippen LogP contribution in [0.1, 0.15) is 41.4 Å². The first-order valence-corrected chi connectivity index (χ1v) is 12.8. The number of benzene rings is 3. The van der Waals surface area contributed by atoms with E-state index in [9.17, 15) is 13.2 Å². The molecule has 2 atom stereocenters. The predicted octanol–water partition coefficient (Wildman–Crippen LogP) is 3.90. The second kappa shape index (κ2) is 8.99. The zero-order valence-corrected chi connectivity index (χ0v) is 20.2. The second-order valence-corrected chi connectivity index (χ2v) is 10.5. The van der Waals surface area contributed by atoms with Crippen LogP contribution in [0.2, 0.25) is 0 Å². The molecule has 0 saturated heterocycles. The van der Waals surface area contributed by atoms with Gasteiger partial charge in [0.2, 0.25) is 0 Å². The summed E-state index contributed by atoms with van der Waals surface area (Å²) in [5.74, 6) is -0.343. The summed E-state index contributed by atoms with van der Waals surface area (Å²) in [6.45, 7) is 3.77. The van der Waals surface area contributed by atoms with Crippen LogP contribution >= 0.6 is 0 Å². The molecular weight excluding hydrogens is 462 g/mol. The molecule has 0 unspecified atom stereocenters. The molecule has 1 aromatic heterocycles. The highest BCUT2D eigenvalue weighted by Gasteiger charge is 2.36. The molecule has 5 rings (SSSR count). The highest BCUT2D eigenvalue weighted by Crippen LogP contribution is 2.36. The molecule has 9 heteroatoms. The molecule has 0 saturated carbocycles. The molecule has 3 aromatic carbocycles. The largest absolute Gasteiger partial charge is 0.346 e. The number of hydrogen-bond acceptors (Lipinski definition) is 5. The molecule has 0 spiro atoms. The quantitative estimate of drug-likeness (QED) is 0.445. The summed E-state index contributed by atoms with van der Waals surface area (Å²) in [7, 11) is -3.82. The zero-order valence-electron chi connectivity index (χ0n) is 19.4. The SMILES string of the molecule is C[C@H](NC(=O)c1cccc(S(=O)(=O)N2c3ccccc3C[C@H]2C)c1)c1ccc(-n2cncn2)cc1. The lowest BCUT2D eigenvalue weighted by Gasteiger charge is -2.24. The van der Waals surface area contributed by atoms with Gasteiger partial charge in [-0.3, -0.25) is 9.10 Å². The van der Waals surface area contributed by atoms with E-state index in [1.165, 1.54) is 22.8 Å². The summed E-state index contributed by atoms with van der Waals surface area (Å²) in [6, 6.07) is 20.9. The van der Waals surface area contributed by atoms with Crippen LogP contribution in [-0.2, 0) is 16.4 Å². The lowest BCUT2D eigenvalue weighted by atomic mass is 10.1. The van der Waals surface area contributed by atoms with Crippen molar-refractivity contribution >= 4 is 21.6 Å². The topological polar surface area (TPSA) is 97.2 Å². The number of sulfonamides is 1. The number of anilines is 1. The third kappa shape index (κ3) is 4.30. The van der Waals surface area contributed by atoms with Crippen LogP contribution in [0.15, 0.2) is 90.3 Å². The number of rotatable bonds is 6. The number of para-hydroxylation sites is 1. The van der Waals surface area contributed by atoms with Crippen molar-refractivity contribution in [1.82, 2.24) is 20.1 Å². The van der Waals surface area contributed by atoms with Gasteiger partial charge in [-0.15, -0.1) is 0 Å². The van der Waals surface area contributed by atoms with Crippen LogP contribution in [0.3, 0.4) is 0 Å². The maximum atomic E-state index is 13.5. The third-order valence-corrected chi connectivity index (χ3v) is 8.15. The third-order valence-electron chi connectivity index (χ3n) is 6.22. The van der Waals surface area contributed by atoms with Gasteiger partial charge in [-0.05, 0) is 67.8 Å². The van der Waals surface area contributed by atoms with Gasteiger partial charge in [0, 0.05) is 11.6 Å². The van der Waals surface area contributed by atoms with Crippen LogP contribution < -0.4 is 9.62 Å². The predicted molar refractivity (Wildman–Crippen MR) is 133 cm³/mol. The molecule has 0 bridgehead atoms. The number of amides is 1. The summed E-state index contributed by atoms with van der Waals surface area (Å²) in [5.41, 5.74) is 3.75. The van der Waals surface area contributed by atoms with Crippen molar-refractivity contribution < 1.29 is 13.2 Å². The van der Waals surface area contributed by atoms with E-state index in [1.54, 1.807) is 23.1 Å². The fourth-order valence-corrected chi connectivity index (χ4v) is 6.17. The van der Waals surface area contributed by atoms with E-state index in [4.69, 9.17) is 0 Å². The fraction of sp³-hybridized carbons (Fsp3) is 0.192. The smallest absolute Gasteiger partial charge is 0.264 e. The van der Waals surface area contributed by atoms with Gasteiger partial charge in [0.1, 0.15) is 12.7 Å². The molecule has 1 aliphatic heterocycles. The highest BCUT2D eigenvalue weighted by molar-refractivity contribution is 7.92. The Labute approximate surface area is 204 Å². The molecule has 2 heterocycles. The summed E-state index contributed by atoms with van der Waals surface area (Å²) < 4.78 is 30.2. The molecule has 178 valence electrons. The lowest BCUT2D eigenvalue weighted by Crippen LogP contribution is -2.36. The molecule has 0 fully saturated rings. The Kier molecular flexibility index (Phi) is 5.86. The van der Waals surface area contributed by atoms with E-state index in [0.29, 0.717) is 12.1 Å². The van der Waals surface area contributed by atoms with Crippen LogP contribution in [0.4, 0.5) is 5.69 Å². The first kappa shape index (κ1) is 22.8. The van der Waals surface area contributed by atoms with Gasteiger partial charge >= 0.3 is 0 Å². The highest BCUT2D eigenvalue weighted by atomic mass is 32.2. The van der Waals surface area contributed by atoms with Gasteiger partial charge in [-0.25, -0.2) is 18.1 Å².